The molecule has 158 valence electrons. The van der Waals surface area contributed by atoms with Gasteiger partial charge in [-0.15, -0.1) is 10.2 Å². The van der Waals surface area contributed by atoms with Crippen LogP contribution in [0.2, 0.25) is 0 Å². The fraction of sp³-hybridized carbons (Fsp3) is 0.619. The van der Waals surface area contributed by atoms with E-state index >= 15 is 0 Å². The van der Waals surface area contributed by atoms with E-state index in [1.807, 2.05) is 26.0 Å². The summed E-state index contributed by atoms with van der Waals surface area (Å²) in [6.45, 7) is 8.14. The minimum absolute atomic E-state index is 0.115. The molecule has 8 heteroatoms. The van der Waals surface area contributed by atoms with Crippen molar-refractivity contribution in [3.05, 3.63) is 41.6 Å². The molecular weight excluding hydrogens is 390 g/mol. The third-order valence-corrected chi connectivity index (χ3v) is 8.15. The van der Waals surface area contributed by atoms with Gasteiger partial charge in [0.15, 0.2) is 0 Å². The number of rotatable bonds is 5. The van der Waals surface area contributed by atoms with Gasteiger partial charge >= 0.3 is 0 Å². The number of aromatic nitrogens is 2. The van der Waals surface area contributed by atoms with Gasteiger partial charge in [-0.3, -0.25) is 0 Å². The average molecular weight is 420 g/mol. The van der Waals surface area contributed by atoms with E-state index in [1.54, 1.807) is 16.4 Å². The van der Waals surface area contributed by atoms with Crippen LogP contribution in [0.5, 0.6) is 0 Å². The molecule has 2 aromatic rings. The highest BCUT2D eigenvalue weighted by Crippen LogP contribution is 2.50. The second-order valence-electron chi connectivity index (χ2n) is 8.46. The zero-order valence-electron chi connectivity index (χ0n) is 17.3. The summed E-state index contributed by atoms with van der Waals surface area (Å²) in [5, 5.41) is 8.49. The van der Waals surface area contributed by atoms with E-state index < -0.39 is 10.0 Å². The zero-order chi connectivity index (χ0) is 20.6. The van der Waals surface area contributed by atoms with Crippen molar-refractivity contribution in [2.75, 3.05) is 26.3 Å². The van der Waals surface area contributed by atoms with Crippen LogP contribution in [0.1, 0.15) is 62.8 Å². The monoisotopic (exact) mass is 419 g/mol. The lowest BCUT2D eigenvalue weighted by Gasteiger charge is -2.36. The van der Waals surface area contributed by atoms with Crippen LogP contribution < -0.4 is 0 Å². The van der Waals surface area contributed by atoms with Gasteiger partial charge in [0, 0.05) is 37.6 Å². The molecule has 0 saturated carbocycles. The van der Waals surface area contributed by atoms with Crippen LogP contribution in [0.4, 0.5) is 0 Å². The first kappa shape index (κ1) is 20.5. The van der Waals surface area contributed by atoms with Crippen LogP contribution in [-0.2, 0) is 21.2 Å². The summed E-state index contributed by atoms with van der Waals surface area (Å²) in [5.74, 6) is 1.17. The number of hydrogen-bond acceptors (Lipinski definition) is 6. The van der Waals surface area contributed by atoms with Gasteiger partial charge in [0.05, 0.1) is 10.8 Å². The molecule has 1 aromatic carbocycles. The lowest BCUT2D eigenvalue weighted by atomic mass is 9.72. The van der Waals surface area contributed by atoms with E-state index in [2.05, 4.69) is 17.1 Å². The van der Waals surface area contributed by atoms with Gasteiger partial charge in [0.25, 0.3) is 0 Å². The smallest absolute Gasteiger partial charge is 0.243 e. The minimum Gasteiger partial charge on any atom is -0.425 e. The van der Waals surface area contributed by atoms with Gasteiger partial charge in [0.1, 0.15) is 0 Å². The standard InChI is InChI=1S/C21H29N3O4S/c1-4-16-5-7-17(8-6-16)29(25,26)24-13-18(20-23-22-19(28-20)15(2)3)21(14-24)9-11-27-12-10-21/h5-8,15,18H,4,9-14H2,1-3H3. The highest BCUT2D eigenvalue weighted by atomic mass is 32.2. The number of benzene rings is 1. The van der Waals surface area contributed by atoms with Gasteiger partial charge in [-0.2, -0.15) is 4.31 Å². The quantitative estimate of drug-likeness (QED) is 0.739. The molecule has 3 heterocycles. The number of hydrogen-bond donors (Lipinski definition) is 0. The second-order valence-corrected chi connectivity index (χ2v) is 10.4. The Balaban J connectivity index is 1.67. The number of ether oxygens (including phenoxy) is 1. The minimum atomic E-state index is -3.59. The predicted octanol–water partition coefficient (Wildman–Crippen LogP) is 3.34. The molecule has 4 rings (SSSR count). The van der Waals surface area contributed by atoms with E-state index in [9.17, 15) is 8.42 Å². The molecule has 0 bridgehead atoms. The van der Waals surface area contributed by atoms with Crippen LogP contribution >= 0.6 is 0 Å². The van der Waals surface area contributed by atoms with Crippen molar-refractivity contribution < 1.29 is 17.6 Å². The summed E-state index contributed by atoms with van der Waals surface area (Å²) >= 11 is 0. The molecule has 2 fully saturated rings. The molecule has 2 aliphatic rings. The molecule has 0 N–H and O–H groups in total. The Hall–Kier alpha value is -1.77. The molecule has 0 amide bonds. The lowest BCUT2D eigenvalue weighted by Crippen LogP contribution is -2.37. The Bertz CT molecular complexity index is 947. The normalized spacial score (nSPS) is 22.6. The largest absolute Gasteiger partial charge is 0.425 e. The SMILES string of the molecule is CCc1ccc(S(=O)(=O)N2CC(c3nnc(C(C)C)o3)C3(CCOCC3)C2)cc1. The Labute approximate surface area is 172 Å². The van der Waals surface area contributed by atoms with E-state index in [-0.39, 0.29) is 17.3 Å². The maximum atomic E-state index is 13.4. The van der Waals surface area contributed by atoms with E-state index in [0.717, 1.165) is 24.8 Å². The van der Waals surface area contributed by atoms with Crippen LogP contribution in [0.15, 0.2) is 33.6 Å². The van der Waals surface area contributed by atoms with Crippen LogP contribution in [0, 0.1) is 5.41 Å². The Morgan fingerprint density at radius 3 is 2.45 bits per heavy atom. The Morgan fingerprint density at radius 2 is 1.86 bits per heavy atom. The highest BCUT2D eigenvalue weighted by Gasteiger charge is 2.53. The van der Waals surface area contributed by atoms with E-state index in [4.69, 9.17) is 9.15 Å². The summed E-state index contributed by atoms with van der Waals surface area (Å²) in [6, 6.07) is 7.19. The summed E-state index contributed by atoms with van der Waals surface area (Å²) in [4.78, 5) is 0.339. The van der Waals surface area contributed by atoms with Crippen molar-refractivity contribution in [1.29, 1.82) is 0 Å². The summed E-state index contributed by atoms with van der Waals surface area (Å²) in [5.41, 5.74) is 0.895. The maximum absolute atomic E-state index is 13.4. The number of nitrogens with zero attached hydrogens (tertiary/aromatic N) is 3. The summed E-state index contributed by atoms with van der Waals surface area (Å²) < 4.78 is 39.9. The van der Waals surface area contributed by atoms with Gasteiger partial charge in [-0.1, -0.05) is 32.9 Å². The molecule has 1 atom stereocenters. The number of aryl methyl sites for hydroxylation is 1. The molecule has 0 aliphatic carbocycles. The fourth-order valence-corrected chi connectivity index (χ4v) is 5.95. The third kappa shape index (κ3) is 3.73. The second kappa shape index (κ2) is 7.81. The first-order valence-corrected chi connectivity index (χ1v) is 11.8. The van der Waals surface area contributed by atoms with Crippen LogP contribution in [0.3, 0.4) is 0 Å². The van der Waals surface area contributed by atoms with Crippen LogP contribution in [-0.4, -0.2) is 49.2 Å². The van der Waals surface area contributed by atoms with Crippen molar-refractivity contribution in [3.63, 3.8) is 0 Å². The molecule has 2 saturated heterocycles. The summed E-state index contributed by atoms with van der Waals surface area (Å²) in [6.07, 6.45) is 2.46. The molecule has 2 aliphatic heterocycles. The first-order valence-electron chi connectivity index (χ1n) is 10.4. The number of sulfonamides is 1. The van der Waals surface area contributed by atoms with Crippen molar-refractivity contribution in [3.8, 4) is 0 Å². The molecule has 1 aromatic heterocycles. The van der Waals surface area contributed by atoms with Crippen molar-refractivity contribution >= 4 is 10.0 Å². The van der Waals surface area contributed by atoms with Crippen molar-refractivity contribution in [1.82, 2.24) is 14.5 Å². The van der Waals surface area contributed by atoms with Crippen molar-refractivity contribution in [2.45, 2.75) is 56.8 Å². The Kier molecular flexibility index (Phi) is 5.52. The summed E-state index contributed by atoms with van der Waals surface area (Å²) in [7, 11) is -3.59. The van der Waals surface area contributed by atoms with E-state index in [1.165, 1.54) is 0 Å². The van der Waals surface area contributed by atoms with Gasteiger partial charge in [-0.25, -0.2) is 8.42 Å². The predicted molar refractivity (Wildman–Crippen MR) is 108 cm³/mol. The third-order valence-electron chi connectivity index (χ3n) is 6.32. The maximum Gasteiger partial charge on any atom is 0.243 e. The fourth-order valence-electron chi connectivity index (χ4n) is 4.40. The Morgan fingerprint density at radius 1 is 1.17 bits per heavy atom. The highest BCUT2D eigenvalue weighted by molar-refractivity contribution is 7.89. The zero-order valence-corrected chi connectivity index (χ0v) is 18.1. The molecule has 7 nitrogen and oxygen atoms in total. The molecule has 29 heavy (non-hydrogen) atoms. The van der Waals surface area contributed by atoms with Gasteiger partial charge < -0.3 is 9.15 Å². The average Bonchev–Trinajstić information content (AvgIpc) is 3.34. The topological polar surface area (TPSA) is 85.5 Å². The molecule has 0 radical (unpaired) electrons. The molecule has 1 spiro atoms. The lowest BCUT2D eigenvalue weighted by molar-refractivity contribution is 0.0110. The first-order chi connectivity index (χ1) is 13.9. The molecule has 1 unspecified atom stereocenters. The van der Waals surface area contributed by atoms with Crippen molar-refractivity contribution in [2.24, 2.45) is 5.41 Å². The van der Waals surface area contributed by atoms with Gasteiger partial charge in [0.2, 0.25) is 21.8 Å². The van der Waals surface area contributed by atoms with Gasteiger partial charge in [-0.05, 0) is 37.0 Å². The van der Waals surface area contributed by atoms with E-state index in [0.29, 0.717) is 43.0 Å². The van der Waals surface area contributed by atoms with Crippen LogP contribution in [0.25, 0.3) is 0 Å². The molecular formula is C21H29N3O4S.